The van der Waals surface area contributed by atoms with Crippen molar-refractivity contribution in [2.45, 2.75) is 26.7 Å². The molecule has 2 rings (SSSR count). The van der Waals surface area contributed by atoms with Gasteiger partial charge in [-0.2, -0.15) is 0 Å². The van der Waals surface area contributed by atoms with Crippen molar-refractivity contribution in [1.29, 1.82) is 0 Å². The molecule has 0 saturated carbocycles. The zero-order valence-corrected chi connectivity index (χ0v) is 12.6. The lowest BCUT2D eigenvalue weighted by Crippen LogP contribution is -2.35. The predicted octanol–water partition coefficient (Wildman–Crippen LogP) is 2.88. The SMILES string of the molecule is CC(=O)c1ccc(NC(=O)[C@@H]2CC=C(C)C[C@@H]2C(=O)O)cc1. The summed E-state index contributed by atoms with van der Waals surface area (Å²) in [4.78, 5) is 34.9. The van der Waals surface area contributed by atoms with Gasteiger partial charge in [0.1, 0.15) is 0 Å². The Hall–Kier alpha value is -2.43. The summed E-state index contributed by atoms with van der Waals surface area (Å²) in [5.41, 5.74) is 2.13. The fourth-order valence-electron chi connectivity index (χ4n) is 2.64. The number of amides is 1. The summed E-state index contributed by atoms with van der Waals surface area (Å²) < 4.78 is 0. The molecule has 1 aliphatic rings. The van der Waals surface area contributed by atoms with E-state index in [4.69, 9.17) is 0 Å². The normalized spacial score (nSPS) is 20.9. The topological polar surface area (TPSA) is 83.5 Å². The maximum Gasteiger partial charge on any atom is 0.307 e. The largest absolute Gasteiger partial charge is 0.481 e. The van der Waals surface area contributed by atoms with Gasteiger partial charge in [-0.1, -0.05) is 11.6 Å². The lowest BCUT2D eigenvalue weighted by atomic mass is 9.79. The van der Waals surface area contributed by atoms with Crippen LogP contribution in [0.15, 0.2) is 35.9 Å². The van der Waals surface area contributed by atoms with Crippen LogP contribution in [0, 0.1) is 11.8 Å². The van der Waals surface area contributed by atoms with Crippen LogP contribution in [-0.4, -0.2) is 22.8 Å². The number of nitrogens with one attached hydrogen (secondary N) is 1. The number of anilines is 1. The van der Waals surface area contributed by atoms with E-state index in [0.29, 0.717) is 24.1 Å². The van der Waals surface area contributed by atoms with Crippen LogP contribution in [0.3, 0.4) is 0 Å². The van der Waals surface area contributed by atoms with E-state index in [1.54, 1.807) is 24.3 Å². The first-order valence-electron chi connectivity index (χ1n) is 7.19. The zero-order valence-electron chi connectivity index (χ0n) is 12.6. The van der Waals surface area contributed by atoms with Gasteiger partial charge in [-0.15, -0.1) is 0 Å². The number of hydrogen-bond donors (Lipinski definition) is 2. The minimum absolute atomic E-state index is 0.0447. The average Bonchev–Trinajstić information content (AvgIpc) is 2.47. The maximum atomic E-state index is 12.3. The number of benzene rings is 1. The summed E-state index contributed by atoms with van der Waals surface area (Å²) >= 11 is 0. The van der Waals surface area contributed by atoms with Crippen LogP contribution >= 0.6 is 0 Å². The molecule has 0 saturated heterocycles. The summed E-state index contributed by atoms with van der Waals surface area (Å²) in [6.45, 7) is 3.35. The van der Waals surface area contributed by atoms with Crippen molar-refractivity contribution in [2.24, 2.45) is 11.8 Å². The number of carbonyl (C=O) groups excluding carboxylic acids is 2. The number of ketones is 1. The summed E-state index contributed by atoms with van der Waals surface area (Å²) in [5.74, 6) is -2.56. The molecule has 2 atom stereocenters. The molecule has 2 N–H and O–H groups in total. The van der Waals surface area contributed by atoms with Gasteiger partial charge in [0.25, 0.3) is 0 Å². The van der Waals surface area contributed by atoms with Gasteiger partial charge >= 0.3 is 5.97 Å². The number of carboxylic acid groups (broad SMARTS) is 1. The van der Waals surface area contributed by atoms with E-state index in [0.717, 1.165) is 5.57 Å². The van der Waals surface area contributed by atoms with E-state index in [1.165, 1.54) is 6.92 Å². The molecule has 1 amide bonds. The third kappa shape index (κ3) is 3.61. The highest BCUT2D eigenvalue weighted by Gasteiger charge is 2.35. The Balaban J connectivity index is 2.10. The Morgan fingerprint density at radius 1 is 1.14 bits per heavy atom. The van der Waals surface area contributed by atoms with Crippen LogP contribution in [0.25, 0.3) is 0 Å². The van der Waals surface area contributed by atoms with Crippen LogP contribution < -0.4 is 5.32 Å². The van der Waals surface area contributed by atoms with Gasteiger partial charge in [0.15, 0.2) is 5.78 Å². The van der Waals surface area contributed by atoms with Crippen molar-refractivity contribution in [3.05, 3.63) is 41.5 Å². The van der Waals surface area contributed by atoms with Crippen LogP contribution in [0.5, 0.6) is 0 Å². The van der Waals surface area contributed by atoms with Crippen molar-refractivity contribution < 1.29 is 19.5 Å². The Bertz CT molecular complexity index is 631. The van der Waals surface area contributed by atoms with E-state index in [2.05, 4.69) is 5.32 Å². The number of aliphatic carboxylic acids is 1. The van der Waals surface area contributed by atoms with Gasteiger partial charge in [0, 0.05) is 11.3 Å². The van der Waals surface area contributed by atoms with Gasteiger partial charge in [0.05, 0.1) is 11.8 Å². The molecule has 1 aliphatic carbocycles. The first-order valence-corrected chi connectivity index (χ1v) is 7.19. The molecule has 0 aromatic heterocycles. The minimum atomic E-state index is -0.945. The number of carbonyl (C=O) groups is 3. The summed E-state index contributed by atoms with van der Waals surface area (Å²) in [6, 6.07) is 6.57. The van der Waals surface area contributed by atoms with Gasteiger partial charge < -0.3 is 10.4 Å². The number of rotatable bonds is 4. The van der Waals surface area contributed by atoms with Crippen LogP contribution in [0.4, 0.5) is 5.69 Å². The molecule has 5 heteroatoms. The molecule has 0 unspecified atom stereocenters. The zero-order chi connectivity index (χ0) is 16.3. The number of Topliss-reactive ketones (excluding diaryl/α,β-unsaturated/α-hetero) is 1. The van der Waals surface area contributed by atoms with Crippen molar-refractivity contribution in [2.75, 3.05) is 5.32 Å². The molecule has 0 radical (unpaired) electrons. The van der Waals surface area contributed by atoms with Crippen LogP contribution in [0.1, 0.15) is 37.0 Å². The lowest BCUT2D eigenvalue weighted by Gasteiger charge is -2.26. The lowest BCUT2D eigenvalue weighted by molar-refractivity contribution is -0.146. The number of hydrogen-bond acceptors (Lipinski definition) is 3. The molecular weight excluding hydrogens is 282 g/mol. The van der Waals surface area contributed by atoms with Crippen LogP contribution in [-0.2, 0) is 9.59 Å². The standard InChI is InChI=1S/C17H19NO4/c1-10-3-8-14(15(9-10)17(21)22)16(20)18-13-6-4-12(5-7-13)11(2)19/h3-7,14-15H,8-9H2,1-2H3,(H,18,20)(H,21,22)/t14-,15+/m1/s1. The van der Waals surface area contributed by atoms with Gasteiger partial charge in [-0.25, -0.2) is 0 Å². The summed E-state index contributed by atoms with van der Waals surface area (Å²) in [6.07, 6.45) is 2.75. The Labute approximate surface area is 129 Å². The highest BCUT2D eigenvalue weighted by Crippen LogP contribution is 2.30. The van der Waals surface area contributed by atoms with Crippen molar-refractivity contribution in [3.8, 4) is 0 Å². The highest BCUT2D eigenvalue weighted by atomic mass is 16.4. The second-order valence-corrected chi connectivity index (χ2v) is 5.66. The van der Waals surface area contributed by atoms with Crippen molar-refractivity contribution in [3.63, 3.8) is 0 Å². The fourth-order valence-corrected chi connectivity index (χ4v) is 2.64. The minimum Gasteiger partial charge on any atom is -0.481 e. The average molecular weight is 301 g/mol. The van der Waals surface area contributed by atoms with E-state index in [1.807, 2.05) is 13.0 Å². The van der Waals surface area contributed by atoms with E-state index < -0.39 is 17.8 Å². The molecule has 116 valence electrons. The maximum absolute atomic E-state index is 12.3. The molecule has 1 aromatic carbocycles. The fraction of sp³-hybridized carbons (Fsp3) is 0.353. The van der Waals surface area contributed by atoms with E-state index in [-0.39, 0.29) is 11.7 Å². The quantitative estimate of drug-likeness (QED) is 0.661. The Morgan fingerprint density at radius 3 is 2.32 bits per heavy atom. The molecule has 22 heavy (non-hydrogen) atoms. The molecule has 0 bridgehead atoms. The first-order chi connectivity index (χ1) is 10.4. The molecule has 5 nitrogen and oxygen atoms in total. The molecule has 0 heterocycles. The van der Waals surface area contributed by atoms with Gasteiger partial charge in [0.2, 0.25) is 5.91 Å². The smallest absolute Gasteiger partial charge is 0.307 e. The highest BCUT2D eigenvalue weighted by molar-refractivity contribution is 5.97. The Kier molecular flexibility index (Phi) is 4.75. The third-order valence-electron chi connectivity index (χ3n) is 3.96. The molecular formula is C17H19NO4. The second kappa shape index (κ2) is 6.56. The Morgan fingerprint density at radius 2 is 1.77 bits per heavy atom. The second-order valence-electron chi connectivity index (χ2n) is 5.66. The third-order valence-corrected chi connectivity index (χ3v) is 3.96. The summed E-state index contributed by atoms with van der Waals surface area (Å²) in [7, 11) is 0. The van der Waals surface area contributed by atoms with E-state index >= 15 is 0 Å². The monoisotopic (exact) mass is 301 g/mol. The van der Waals surface area contributed by atoms with Gasteiger partial charge in [-0.05, 0) is 51.0 Å². The molecule has 0 fully saturated rings. The van der Waals surface area contributed by atoms with Crippen molar-refractivity contribution >= 4 is 23.3 Å². The first kappa shape index (κ1) is 15.9. The number of allylic oxidation sites excluding steroid dienone is 2. The predicted molar refractivity (Wildman–Crippen MR) is 82.7 cm³/mol. The van der Waals surface area contributed by atoms with E-state index in [9.17, 15) is 19.5 Å². The molecule has 1 aromatic rings. The van der Waals surface area contributed by atoms with Gasteiger partial charge in [-0.3, -0.25) is 14.4 Å². The van der Waals surface area contributed by atoms with Crippen LogP contribution in [0.2, 0.25) is 0 Å². The summed E-state index contributed by atoms with van der Waals surface area (Å²) in [5, 5.41) is 12.0. The van der Waals surface area contributed by atoms with Crippen molar-refractivity contribution in [1.82, 2.24) is 0 Å². The number of carboxylic acids is 1. The molecule has 0 aliphatic heterocycles. The molecule has 0 spiro atoms.